The van der Waals surface area contributed by atoms with Gasteiger partial charge in [-0.15, -0.1) is 0 Å². The molecule has 1 atom stereocenters. The van der Waals surface area contributed by atoms with Crippen LogP contribution < -0.4 is 0 Å². The summed E-state index contributed by atoms with van der Waals surface area (Å²) in [5.41, 5.74) is 0. The number of aromatic nitrogens is 3. The fourth-order valence-corrected chi connectivity index (χ4v) is 2.85. The number of fused-ring (bicyclic) bond motifs is 1. The lowest BCUT2D eigenvalue weighted by Crippen LogP contribution is -2.25. The summed E-state index contributed by atoms with van der Waals surface area (Å²) in [5, 5.41) is 14.2. The molecule has 1 aliphatic carbocycles. The minimum Gasteiger partial charge on any atom is -0.391 e. The first-order valence-electron chi connectivity index (χ1n) is 6.44. The van der Waals surface area contributed by atoms with Crippen LogP contribution in [0, 0.1) is 0 Å². The third-order valence-corrected chi connectivity index (χ3v) is 3.82. The van der Waals surface area contributed by atoms with E-state index in [9.17, 15) is 5.11 Å². The number of aliphatic hydroxyl groups is 1. The number of hydrogen-bond donors (Lipinski definition) is 1. The molecule has 2 heterocycles. The van der Waals surface area contributed by atoms with Crippen molar-refractivity contribution >= 4 is 0 Å². The Bertz CT molecular complexity index is 368. The van der Waals surface area contributed by atoms with Gasteiger partial charge < -0.3 is 5.11 Å². The molecule has 1 saturated carbocycles. The van der Waals surface area contributed by atoms with Crippen LogP contribution in [0.15, 0.2) is 0 Å². The third kappa shape index (κ3) is 1.86. The molecule has 0 radical (unpaired) electrons. The Balaban J connectivity index is 1.80. The van der Waals surface area contributed by atoms with E-state index >= 15 is 0 Å². The molecule has 4 nitrogen and oxygen atoms in total. The quantitative estimate of drug-likeness (QED) is 0.784. The molecule has 88 valence electrons. The van der Waals surface area contributed by atoms with E-state index in [4.69, 9.17) is 0 Å². The molecule has 0 saturated heterocycles. The highest BCUT2D eigenvalue weighted by molar-refractivity contribution is 5.02. The molecule has 1 fully saturated rings. The SMILES string of the molecule is OC1CCc2nc(C3CCCCC3)nn2C1. The van der Waals surface area contributed by atoms with Gasteiger partial charge in [0.2, 0.25) is 0 Å². The zero-order valence-corrected chi connectivity index (χ0v) is 9.60. The summed E-state index contributed by atoms with van der Waals surface area (Å²) in [6, 6.07) is 0. The van der Waals surface area contributed by atoms with Gasteiger partial charge >= 0.3 is 0 Å². The molecule has 16 heavy (non-hydrogen) atoms. The highest BCUT2D eigenvalue weighted by Crippen LogP contribution is 2.31. The predicted molar refractivity (Wildman–Crippen MR) is 60.2 cm³/mol. The second kappa shape index (κ2) is 4.17. The highest BCUT2D eigenvalue weighted by Gasteiger charge is 2.24. The minimum absolute atomic E-state index is 0.228. The van der Waals surface area contributed by atoms with Gasteiger partial charge in [0.15, 0.2) is 5.82 Å². The van der Waals surface area contributed by atoms with Crippen molar-refractivity contribution in [1.82, 2.24) is 14.8 Å². The van der Waals surface area contributed by atoms with Crippen molar-refractivity contribution in [2.75, 3.05) is 0 Å². The van der Waals surface area contributed by atoms with Gasteiger partial charge in [0, 0.05) is 12.3 Å². The maximum absolute atomic E-state index is 9.59. The number of aliphatic hydroxyl groups excluding tert-OH is 1. The number of rotatable bonds is 1. The van der Waals surface area contributed by atoms with Crippen LogP contribution in [-0.4, -0.2) is 26.0 Å². The maximum atomic E-state index is 9.59. The van der Waals surface area contributed by atoms with Gasteiger partial charge in [-0.1, -0.05) is 19.3 Å². The topological polar surface area (TPSA) is 50.9 Å². The van der Waals surface area contributed by atoms with E-state index in [1.54, 1.807) is 0 Å². The summed E-state index contributed by atoms with van der Waals surface area (Å²) in [5.74, 6) is 2.68. The fourth-order valence-electron chi connectivity index (χ4n) is 2.85. The van der Waals surface area contributed by atoms with Gasteiger partial charge in [-0.25, -0.2) is 9.67 Å². The lowest BCUT2D eigenvalue weighted by molar-refractivity contribution is 0.124. The average molecular weight is 221 g/mol. The minimum atomic E-state index is -0.228. The molecule has 3 rings (SSSR count). The van der Waals surface area contributed by atoms with E-state index in [1.807, 2.05) is 4.68 Å². The van der Waals surface area contributed by atoms with Crippen molar-refractivity contribution in [3.05, 3.63) is 11.6 Å². The highest BCUT2D eigenvalue weighted by atomic mass is 16.3. The Kier molecular flexibility index (Phi) is 2.67. The summed E-state index contributed by atoms with van der Waals surface area (Å²) in [6.45, 7) is 0.634. The van der Waals surface area contributed by atoms with Gasteiger partial charge in [-0.3, -0.25) is 0 Å². The second-order valence-electron chi connectivity index (χ2n) is 5.10. The van der Waals surface area contributed by atoms with Crippen molar-refractivity contribution in [2.45, 2.75) is 63.5 Å². The molecular weight excluding hydrogens is 202 g/mol. The van der Waals surface area contributed by atoms with E-state index in [1.165, 1.54) is 32.1 Å². The van der Waals surface area contributed by atoms with Gasteiger partial charge in [0.05, 0.1) is 12.6 Å². The van der Waals surface area contributed by atoms with Gasteiger partial charge in [0.25, 0.3) is 0 Å². The molecular formula is C12H19N3O. The van der Waals surface area contributed by atoms with Crippen molar-refractivity contribution < 1.29 is 5.11 Å². The summed E-state index contributed by atoms with van der Waals surface area (Å²) in [6.07, 6.45) is 7.96. The average Bonchev–Trinajstić information content (AvgIpc) is 2.73. The summed E-state index contributed by atoms with van der Waals surface area (Å²) in [7, 11) is 0. The molecule has 1 aromatic rings. The number of hydrogen-bond acceptors (Lipinski definition) is 3. The van der Waals surface area contributed by atoms with E-state index in [2.05, 4.69) is 10.1 Å². The van der Waals surface area contributed by atoms with Crippen LogP contribution >= 0.6 is 0 Å². The standard InChI is InChI=1S/C12H19N3O/c16-10-6-7-11-13-12(14-15(11)8-10)9-4-2-1-3-5-9/h9-10,16H,1-8H2. The molecule has 1 N–H and O–H groups in total. The smallest absolute Gasteiger partial charge is 0.154 e. The van der Waals surface area contributed by atoms with Crippen molar-refractivity contribution in [3.63, 3.8) is 0 Å². The van der Waals surface area contributed by atoms with Crippen LogP contribution in [0.1, 0.15) is 56.1 Å². The first-order valence-corrected chi connectivity index (χ1v) is 6.44. The van der Waals surface area contributed by atoms with Crippen LogP contribution in [-0.2, 0) is 13.0 Å². The molecule has 1 aromatic heterocycles. The van der Waals surface area contributed by atoms with Crippen LogP contribution in [0.4, 0.5) is 0 Å². The zero-order valence-electron chi connectivity index (χ0n) is 9.60. The lowest BCUT2D eigenvalue weighted by atomic mass is 9.89. The molecule has 2 aliphatic rings. The van der Waals surface area contributed by atoms with E-state index < -0.39 is 0 Å². The van der Waals surface area contributed by atoms with Crippen LogP contribution in [0.25, 0.3) is 0 Å². The summed E-state index contributed by atoms with van der Waals surface area (Å²) in [4.78, 5) is 4.65. The second-order valence-corrected chi connectivity index (χ2v) is 5.10. The number of aryl methyl sites for hydroxylation is 1. The van der Waals surface area contributed by atoms with Gasteiger partial charge in [0.1, 0.15) is 5.82 Å². The first-order chi connectivity index (χ1) is 7.83. The van der Waals surface area contributed by atoms with E-state index in [0.717, 1.165) is 24.5 Å². The molecule has 0 amide bonds. The van der Waals surface area contributed by atoms with Crippen LogP contribution in [0.2, 0.25) is 0 Å². The van der Waals surface area contributed by atoms with E-state index in [0.29, 0.717) is 12.5 Å². The molecule has 0 spiro atoms. The molecule has 1 aliphatic heterocycles. The lowest BCUT2D eigenvalue weighted by Gasteiger charge is -2.18. The molecule has 4 heteroatoms. The number of nitrogens with zero attached hydrogens (tertiary/aromatic N) is 3. The van der Waals surface area contributed by atoms with Gasteiger partial charge in [-0.2, -0.15) is 5.10 Å². The summed E-state index contributed by atoms with van der Waals surface area (Å²) < 4.78 is 1.91. The zero-order chi connectivity index (χ0) is 11.0. The Morgan fingerprint density at radius 3 is 2.75 bits per heavy atom. The Labute approximate surface area is 95.7 Å². The van der Waals surface area contributed by atoms with Crippen LogP contribution in [0.3, 0.4) is 0 Å². The van der Waals surface area contributed by atoms with Gasteiger partial charge in [-0.05, 0) is 19.3 Å². The van der Waals surface area contributed by atoms with Crippen LogP contribution in [0.5, 0.6) is 0 Å². The molecule has 0 aromatic carbocycles. The maximum Gasteiger partial charge on any atom is 0.154 e. The largest absolute Gasteiger partial charge is 0.391 e. The van der Waals surface area contributed by atoms with E-state index in [-0.39, 0.29) is 6.10 Å². The molecule has 1 unspecified atom stereocenters. The summed E-state index contributed by atoms with van der Waals surface area (Å²) >= 11 is 0. The van der Waals surface area contributed by atoms with Crippen molar-refractivity contribution in [2.24, 2.45) is 0 Å². The fraction of sp³-hybridized carbons (Fsp3) is 0.833. The third-order valence-electron chi connectivity index (χ3n) is 3.82. The first kappa shape index (κ1) is 10.3. The Morgan fingerprint density at radius 2 is 1.94 bits per heavy atom. The van der Waals surface area contributed by atoms with Crippen molar-refractivity contribution in [1.29, 1.82) is 0 Å². The monoisotopic (exact) mass is 221 g/mol. The van der Waals surface area contributed by atoms with Crippen molar-refractivity contribution in [3.8, 4) is 0 Å². The Morgan fingerprint density at radius 1 is 1.12 bits per heavy atom. The molecule has 0 bridgehead atoms. The Hall–Kier alpha value is -0.900. The normalized spacial score (nSPS) is 26.7. The predicted octanol–water partition coefficient (Wildman–Crippen LogP) is 1.63.